The summed E-state index contributed by atoms with van der Waals surface area (Å²) in [5.74, 6) is 2.15. The molecule has 25 heavy (non-hydrogen) atoms. The van der Waals surface area contributed by atoms with E-state index in [1.807, 2.05) is 38.4 Å². The first-order valence-corrected chi connectivity index (χ1v) is 8.92. The molecule has 2 aromatic heterocycles. The molecule has 0 fully saturated rings. The van der Waals surface area contributed by atoms with Crippen molar-refractivity contribution in [1.29, 1.82) is 0 Å². The Morgan fingerprint density at radius 2 is 1.80 bits per heavy atom. The first-order valence-electron chi connectivity index (χ1n) is 7.94. The molecule has 0 aliphatic heterocycles. The number of hydrogen-bond donors (Lipinski definition) is 0. The highest BCUT2D eigenvalue weighted by molar-refractivity contribution is 7.98. The zero-order valence-electron chi connectivity index (χ0n) is 14.3. The van der Waals surface area contributed by atoms with Crippen LogP contribution in [0.4, 0.5) is 0 Å². The van der Waals surface area contributed by atoms with Crippen LogP contribution < -0.4 is 4.74 Å². The molecule has 0 amide bonds. The zero-order valence-corrected chi connectivity index (χ0v) is 15.1. The maximum Gasteiger partial charge on any atom is 0.277 e. The van der Waals surface area contributed by atoms with Crippen molar-refractivity contribution in [2.24, 2.45) is 0 Å². The summed E-state index contributed by atoms with van der Waals surface area (Å²) < 4.78 is 11.4. The highest BCUT2D eigenvalue weighted by atomic mass is 32.2. The van der Waals surface area contributed by atoms with Gasteiger partial charge in [0, 0.05) is 30.3 Å². The molecule has 0 saturated heterocycles. The van der Waals surface area contributed by atoms with E-state index in [1.165, 1.54) is 17.3 Å². The molecule has 3 aromatic rings. The lowest BCUT2D eigenvalue weighted by atomic mass is 10.2. The Balaban J connectivity index is 1.51. The van der Waals surface area contributed by atoms with E-state index in [0.717, 1.165) is 23.6 Å². The van der Waals surface area contributed by atoms with Crippen LogP contribution in [0.15, 0.2) is 58.4 Å². The molecule has 130 valence electrons. The Hall–Kier alpha value is -2.38. The first-order chi connectivity index (χ1) is 12.2. The topological polar surface area (TPSA) is 64.3 Å². The van der Waals surface area contributed by atoms with E-state index in [9.17, 15) is 0 Å². The summed E-state index contributed by atoms with van der Waals surface area (Å²) in [6.45, 7) is 1.58. The van der Waals surface area contributed by atoms with Gasteiger partial charge in [-0.05, 0) is 43.9 Å². The quantitative estimate of drug-likeness (QED) is 0.573. The van der Waals surface area contributed by atoms with Crippen molar-refractivity contribution in [3.8, 4) is 17.2 Å². The normalized spacial score (nSPS) is 11.0. The molecule has 0 bridgehead atoms. The second kappa shape index (κ2) is 8.64. The van der Waals surface area contributed by atoms with Gasteiger partial charge in [-0.15, -0.1) is 10.2 Å². The van der Waals surface area contributed by atoms with Crippen LogP contribution in [0.1, 0.15) is 5.56 Å². The second-order valence-corrected chi connectivity index (χ2v) is 6.62. The van der Waals surface area contributed by atoms with Gasteiger partial charge < -0.3 is 14.1 Å². The average Bonchev–Trinajstić information content (AvgIpc) is 3.11. The summed E-state index contributed by atoms with van der Waals surface area (Å²) in [6, 6.07) is 11.8. The maximum absolute atomic E-state index is 5.69. The van der Waals surface area contributed by atoms with Crippen LogP contribution in [0, 0.1) is 0 Å². The van der Waals surface area contributed by atoms with Crippen LogP contribution in [0.25, 0.3) is 11.5 Å². The molecule has 6 nitrogen and oxygen atoms in total. The van der Waals surface area contributed by atoms with Gasteiger partial charge in [-0.1, -0.05) is 23.9 Å². The molecule has 0 unspecified atom stereocenters. The first kappa shape index (κ1) is 17.4. The van der Waals surface area contributed by atoms with Gasteiger partial charge in [0.2, 0.25) is 5.89 Å². The molecular weight excluding hydrogens is 336 g/mol. The summed E-state index contributed by atoms with van der Waals surface area (Å²) in [7, 11) is 4.06. The smallest absolute Gasteiger partial charge is 0.277 e. The average molecular weight is 356 g/mol. The van der Waals surface area contributed by atoms with Crippen LogP contribution in [-0.4, -0.2) is 47.3 Å². The molecule has 0 N–H and O–H groups in total. The van der Waals surface area contributed by atoms with Gasteiger partial charge in [-0.3, -0.25) is 4.98 Å². The van der Waals surface area contributed by atoms with Gasteiger partial charge in [-0.2, -0.15) is 0 Å². The van der Waals surface area contributed by atoms with E-state index < -0.39 is 0 Å². The van der Waals surface area contributed by atoms with E-state index in [2.05, 4.69) is 32.2 Å². The van der Waals surface area contributed by atoms with Gasteiger partial charge in [0.1, 0.15) is 12.4 Å². The van der Waals surface area contributed by atoms with Gasteiger partial charge in [0.25, 0.3) is 5.22 Å². The molecule has 0 spiro atoms. The van der Waals surface area contributed by atoms with Gasteiger partial charge in [0.15, 0.2) is 0 Å². The molecule has 0 aliphatic rings. The Morgan fingerprint density at radius 3 is 2.52 bits per heavy atom. The highest BCUT2D eigenvalue weighted by Gasteiger charge is 2.09. The minimum atomic E-state index is 0.509. The fraction of sp³-hybridized carbons (Fsp3) is 0.278. The number of rotatable bonds is 8. The molecule has 1 aromatic carbocycles. The van der Waals surface area contributed by atoms with Crippen molar-refractivity contribution >= 4 is 11.8 Å². The van der Waals surface area contributed by atoms with Crippen LogP contribution in [0.2, 0.25) is 0 Å². The molecule has 0 aliphatic carbocycles. The summed E-state index contributed by atoms with van der Waals surface area (Å²) in [5, 5.41) is 8.70. The lowest BCUT2D eigenvalue weighted by molar-refractivity contribution is 0.261. The molecule has 0 saturated carbocycles. The number of likely N-dealkylation sites (N-methyl/N-ethyl adjacent to an activating group) is 1. The number of nitrogens with zero attached hydrogens (tertiary/aromatic N) is 4. The molecule has 2 heterocycles. The van der Waals surface area contributed by atoms with E-state index in [1.54, 1.807) is 12.4 Å². The van der Waals surface area contributed by atoms with Crippen molar-refractivity contribution in [1.82, 2.24) is 20.1 Å². The molecule has 0 radical (unpaired) electrons. The number of benzene rings is 1. The Bertz CT molecular complexity index is 775. The van der Waals surface area contributed by atoms with Crippen LogP contribution in [0.3, 0.4) is 0 Å². The number of ether oxygens (including phenoxy) is 1. The molecule has 7 heteroatoms. The molecular formula is C18H20N4O2S. The standard InChI is InChI=1S/C18H20N4O2S/c1-22(2)11-12-23-16-5-3-14(4-6-16)13-25-18-21-20-17(24-18)15-7-9-19-10-8-15/h3-10H,11-13H2,1-2H3. The van der Waals surface area contributed by atoms with Gasteiger partial charge in [0.05, 0.1) is 0 Å². The van der Waals surface area contributed by atoms with Crippen LogP contribution in [-0.2, 0) is 5.75 Å². The van der Waals surface area contributed by atoms with Crippen LogP contribution >= 0.6 is 11.8 Å². The van der Waals surface area contributed by atoms with Gasteiger partial charge >= 0.3 is 0 Å². The molecule has 0 atom stereocenters. The minimum Gasteiger partial charge on any atom is -0.492 e. The van der Waals surface area contributed by atoms with Crippen molar-refractivity contribution < 1.29 is 9.15 Å². The van der Waals surface area contributed by atoms with Crippen molar-refractivity contribution in [2.75, 3.05) is 27.2 Å². The number of thioether (sulfide) groups is 1. The zero-order chi connectivity index (χ0) is 17.5. The van der Waals surface area contributed by atoms with E-state index >= 15 is 0 Å². The predicted molar refractivity (Wildman–Crippen MR) is 97.6 cm³/mol. The summed E-state index contributed by atoms with van der Waals surface area (Å²) in [5.41, 5.74) is 2.04. The van der Waals surface area contributed by atoms with E-state index in [4.69, 9.17) is 9.15 Å². The maximum atomic E-state index is 5.69. The van der Waals surface area contributed by atoms with Crippen molar-refractivity contribution in [3.63, 3.8) is 0 Å². The lowest BCUT2D eigenvalue weighted by Crippen LogP contribution is -2.19. The van der Waals surface area contributed by atoms with Gasteiger partial charge in [-0.25, -0.2) is 0 Å². The van der Waals surface area contributed by atoms with Crippen molar-refractivity contribution in [2.45, 2.75) is 11.0 Å². The second-order valence-electron chi connectivity index (χ2n) is 5.69. The Labute approximate surface area is 151 Å². The molecule has 3 rings (SSSR count). The third-order valence-corrected chi connectivity index (χ3v) is 4.32. The fourth-order valence-corrected chi connectivity index (χ4v) is 2.77. The van der Waals surface area contributed by atoms with E-state index in [0.29, 0.717) is 17.7 Å². The number of aromatic nitrogens is 3. The Kier molecular flexibility index (Phi) is 6.03. The monoisotopic (exact) mass is 356 g/mol. The SMILES string of the molecule is CN(C)CCOc1ccc(CSc2nnc(-c3ccncc3)o2)cc1. The predicted octanol–water partition coefficient (Wildman–Crippen LogP) is 3.36. The van der Waals surface area contributed by atoms with E-state index in [-0.39, 0.29) is 0 Å². The Morgan fingerprint density at radius 1 is 1.04 bits per heavy atom. The summed E-state index contributed by atoms with van der Waals surface area (Å²) >= 11 is 1.51. The number of pyridine rings is 1. The number of hydrogen-bond acceptors (Lipinski definition) is 7. The summed E-state index contributed by atoms with van der Waals surface area (Å²) in [6.07, 6.45) is 3.41. The van der Waals surface area contributed by atoms with Crippen LogP contribution in [0.5, 0.6) is 5.75 Å². The summed E-state index contributed by atoms with van der Waals surface area (Å²) in [4.78, 5) is 6.07. The van der Waals surface area contributed by atoms with Crippen molar-refractivity contribution in [3.05, 3.63) is 54.4 Å². The highest BCUT2D eigenvalue weighted by Crippen LogP contribution is 2.26. The third-order valence-electron chi connectivity index (χ3n) is 3.43. The lowest BCUT2D eigenvalue weighted by Gasteiger charge is -2.11. The third kappa shape index (κ3) is 5.30. The fourth-order valence-electron chi connectivity index (χ4n) is 2.05. The minimum absolute atomic E-state index is 0.509. The largest absolute Gasteiger partial charge is 0.492 e.